The highest BCUT2D eigenvalue weighted by atomic mass is 16.5. The maximum absolute atomic E-state index is 5.59. The summed E-state index contributed by atoms with van der Waals surface area (Å²) >= 11 is 0. The molecule has 0 aliphatic rings. The van der Waals surface area contributed by atoms with Crippen LogP contribution in [0.4, 0.5) is 0 Å². The summed E-state index contributed by atoms with van der Waals surface area (Å²) in [5.41, 5.74) is 3.31. The molecular formula is C13H16N2O. The van der Waals surface area contributed by atoms with Gasteiger partial charge in [0, 0.05) is 0 Å². The van der Waals surface area contributed by atoms with E-state index in [1.165, 1.54) is 5.56 Å². The lowest BCUT2D eigenvalue weighted by Crippen LogP contribution is -1.94. The van der Waals surface area contributed by atoms with Crippen molar-refractivity contribution in [3.63, 3.8) is 0 Å². The van der Waals surface area contributed by atoms with Crippen LogP contribution in [0.25, 0.3) is 0 Å². The Balaban J connectivity index is 1.80. The van der Waals surface area contributed by atoms with Gasteiger partial charge in [0.2, 0.25) is 0 Å². The van der Waals surface area contributed by atoms with Crippen LogP contribution in [0, 0.1) is 0 Å². The molecular weight excluding hydrogens is 200 g/mol. The van der Waals surface area contributed by atoms with Gasteiger partial charge in [0.15, 0.2) is 0 Å². The number of aromatic amines is 1. The minimum atomic E-state index is 0.585. The second kappa shape index (κ2) is 5.47. The first-order valence-electron chi connectivity index (χ1n) is 5.53. The number of nitrogens with zero attached hydrogens (tertiary/aromatic N) is 1. The van der Waals surface area contributed by atoms with Gasteiger partial charge in [-0.15, -0.1) is 0 Å². The van der Waals surface area contributed by atoms with Gasteiger partial charge in [0.25, 0.3) is 0 Å². The second-order valence-corrected chi connectivity index (χ2v) is 3.72. The Morgan fingerprint density at radius 1 is 1.19 bits per heavy atom. The highest BCUT2D eigenvalue weighted by Gasteiger charge is 1.99. The smallest absolute Gasteiger partial charge is 0.0886 e. The number of aromatic nitrogens is 2. The normalized spacial score (nSPS) is 10.6. The lowest BCUT2D eigenvalue weighted by atomic mass is 10.2. The molecule has 0 fully saturated rings. The Hall–Kier alpha value is -1.61. The van der Waals surface area contributed by atoms with Crippen LogP contribution in [0.15, 0.2) is 36.4 Å². The molecule has 0 amide bonds. The summed E-state index contributed by atoms with van der Waals surface area (Å²) in [5, 5.41) is 7.12. The zero-order valence-corrected chi connectivity index (χ0v) is 9.44. The Labute approximate surface area is 95.5 Å². The summed E-state index contributed by atoms with van der Waals surface area (Å²) in [7, 11) is 0. The minimum absolute atomic E-state index is 0.585. The lowest BCUT2D eigenvalue weighted by Gasteiger charge is -2.01. The molecule has 0 saturated heterocycles. The molecule has 0 aliphatic heterocycles. The summed E-state index contributed by atoms with van der Waals surface area (Å²) in [4.78, 5) is 0. The summed E-state index contributed by atoms with van der Waals surface area (Å²) in [5.74, 6) is 0. The molecule has 0 saturated carbocycles. The zero-order chi connectivity index (χ0) is 11.2. The summed E-state index contributed by atoms with van der Waals surface area (Å²) in [6.45, 7) is 3.31. The fourth-order valence-corrected chi connectivity index (χ4v) is 1.52. The summed E-state index contributed by atoms with van der Waals surface area (Å²) < 4.78 is 5.59. The van der Waals surface area contributed by atoms with Crippen molar-refractivity contribution in [2.24, 2.45) is 0 Å². The van der Waals surface area contributed by atoms with E-state index in [2.05, 4.69) is 29.3 Å². The molecule has 0 unspecified atom stereocenters. The maximum Gasteiger partial charge on any atom is 0.0886 e. The number of benzene rings is 1. The van der Waals surface area contributed by atoms with Gasteiger partial charge in [-0.3, -0.25) is 5.10 Å². The molecule has 0 aliphatic carbocycles. The number of ether oxygens (including phenoxy) is 1. The Morgan fingerprint density at radius 3 is 2.69 bits per heavy atom. The second-order valence-electron chi connectivity index (χ2n) is 3.72. The van der Waals surface area contributed by atoms with Crippen molar-refractivity contribution in [2.75, 3.05) is 0 Å². The van der Waals surface area contributed by atoms with Crippen molar-refractivity contribution in [2.45, 2.75) is 26.6 Å². The molecule has 84 valence electrons. The van der Waals surface area contributed by atoms with Gasteiger partial charge in [-0.2, -0.15) is 5.10 Å². The Kier molecular flexibility index (Phi) is 3.72. The first-order valence-corrected chi connectivity index (χ1v) is 5.53. The Bertz CT molecular complexity index is 423. The Morgan fingerprint density at radius 2 is 2.00 bits per heavy atom. The molecule has 0 spiro atoms. The van der Waals surface area contributed by atoms with Crippen molar-refractivity contribution < 1.29 is 4.74 Å². The third-order valence-corrected chi connectivity index (χ3v) is 2.42. The first-order chi connectivity index (χ1) is 7.88. The van der Waals surface area contributed by atoms with E-state index >= 15 is 0 Å². The van der Waals surface area contributed by atoms with Gasteiger partial charge in [-0.25, -0.2) is 0 Å². The van der Waals surface area contributed by atoms with E-state index in [0.29, 0.717) is 13.2 Å². The van der Waals surface area contributed by atoms with E-state index in [9.17, 15) is 0 Å². The standard InChI is InChI=1S/C13H16N2O/c1-2-12-8-13(15-14-12)10-16-9-11-6-4-3-5-7-11/h3-8H,2,9-10H2,1H3,(H,14,15). The highest BCUT2D eigenvalue weighted by molar-refractivity contribution is 5.13. The summed E-state index contributed by atoms with van der Waals surface area (Å²) in [6.07, 6.45) is 0.954. The molecule has 16 heavy (non-hydrogen) atoms. The monoisotopic (exact) mass is 216 g/mol. The number of H-pyrrole nitrogens is 1. The van der Waals surface area contributed by atoms with Crippen molar-refractivity contribution >= 4 is 0 Å². The van der Waals surface area contributed by atoms with E-state index < -0.39 is 0 Å². The van der Waals surface area contributed by atoms with Crippen molar-refractivity contribution in [1.82, 2.24) is 10.2 Å². The minimum Gasteiger partial charge on any atom is -0.371 e. The first kappa shape index (κ1) is 10.9. The molecule has 2 rings (SSSR count). The topological polar surface area (TPSA) is 37.9 Å². The zero-order valence-electron chi connectivity index (χ0n) is 9.44. The van der Waals surface area contributed by atoms with Gasteiger partial charge < -0.3 is 4.74 Å². The van der Waals surface area contributed by atoms with E-state index in [1.807, 2.05) is 24.3 Å². The van der Waals surface area contributed by atoms with Crippen LogP contribution in [0.2, 0.25) is 0 Å². The van der Waals surface area contributed by atoms with Crippen molar-refractivity contribution in [1.29, 1.82) is 0 Å². The van der Waals surface area contributed by atoms with Crippen LogP contribution in [0.3, 0.4) is 0 Å². The quantitative estimate of drug-likeness (QED) is 0.834. The highest BCUT2D eigenvalue weighted by Crippen LogP contribution is 2.05. The largest absolute Gasteiger partial charge is 0.371 e. The van der Waals surface area contributed by atoms with E-state index in [-0.39, 0.29) is 0 Å². The molecule has 1 aromatic carbocycles. The van der Waals surface area contributed by atoms with E-state index in [1.54, 1.807) is 0 Å². The molecule has 3 nitrogen and oxygen atoms in total. The third kappa shape index (κ3) is 2.94. The molecule has 1 heterocycles. The number of nitrogens with one attached hydrogen (secondary N) is 1. The SMILES string of the molecule is CCc1cc(COCc2ccccc2)[nH]n1. The molecule has 2 aromatic rings. The fourth-order valence-electron chi connectivity index (χ4n) is 1.52. The predicted octanol–water partition coefficient (Wildman–Crippen LogP) is 2.69. The van der Waals surface area contributed by atoms with Crippen LogP contribution in [0.5, 0.6) is 0 Å². The molecule has 0 radical (unpaired) electrons. The van der Waals surface area contributed by atoms with Crippen LogP contribution in [-0.2, 0) is 24.4 Å². The van der Waals surface area contributed by atoms with Crippen LogP contribution in [-0.4, -0.2) is 10.2 Å². The van der Waals surface area contributed by atoms with E-state index in [4.69, 9.17) is 4.74 Å². The number of hydrogen-bond donors (Lipinski definition) is 1. The van der Waals surface area contributed by atoms with Gasteiger partial charge in [0.05, 0.1) is 24.6 Å². The van der Waals surface area contributed by atoms with Gasteiger partial charge >= 0.3 is 0 Å². The van der Waals surface area contributed by atoms with Crippen LogP contribution >= 0.6 is 0 Å². The molecule has 1 aromatic heterocycles. The molecule has 1 N–H and O–H groups in total. The molecule has 0 bridgehead atoms. The fraction of sp³-hybridized carbons (Fsp3) is 0.308. The van der Waals surface area contributed by atoms with Crippen molar-refractivity contribution in [3.05, 3.63) is 53.3 Å². The van der Waals surface area contributed by atoms with Crippen molar-refractivity contribution in [3.8, 4) is 0 Å². The third-order valence-electron chi connectivity index (χ3n) is 2.42. The number of hydrogen-bond acceptors (Lipinski definition) is 2. The number of rotatable bonds is 5. The molecule has 0 atom stereocenters. The van der Waals surface area contributed by atoms with Gasteiger partial charge in [0.1, 0.15) is 0 Å². The molecule has 3 heteroatoms. The number of aryl methyl sites for hydroxylation is 1. The average molecular weight is 216 g/mol. The van der Waals surface area contributed by atoms with Crippen LogP contribution in [0.1, 0.15) is 23.9 Å². The predicted molar refractivity (Wildman–Crippen MR) is 62.9 cm³/mol. The van der Waals surface area contributed by atoms with Gasteiger partial charge in [-0.05, 0) is 18.1 Å². The van der Waals surface area contributed by atoms with Crippen LogP contribution < -0.4 is 0 Å². The average Bonchev–Trinajstić information content (AvgIpc) is 2.78. The maximum atomic E-state index is 5.59. The van der Waals surface area contributed by atoms with Gasteiger partial charge in [-0.1, -0.05) is 37.3 Å². The summed E-state index contributed by atoms with van der Waals surface area (Å²) in [6, 6.07) is 12.2. The lowest BCUT2D eigenvalue weighted by molar-refractivity contribution is 0.104. The van der Waals surface area contributed by atoms with E-state index in [0.717, 1.165) is 17.8 Å².